The van der Waals surface area contributed by atoms with Gasteiger partial charge in [0.25, 0.3) is 0 Å². The van der Waals surface area contributed by atoms with Crippen LogP contribution in [-0.4, -0.2) is 30.0 Å². The molecule has 6 heteroatoms. The third-order valence-electron chi connectivity index (χ3n) is 3.76. The zero-order chi connectivity index (χ0) is 15.5. The van der Waals surface area contributed by atoms with Gasteiger partial charge in [-0.15, -0.1) is 0 Å². The summed E-state index contributed by atoms with van der Waals surface area (Å²) in [5.74, 6) is 0.00187. The number of carbonyl (C=O) groups is 1. The second kappa shape index (κ2) is 6.01. The zero-order valence-corrected chi connectivity index (χ0v) is 11.9. The van der Waals surface area contributed by atoms with Crippen molar-refractivity contribution in [2.45, 2.75) is 12.5 Å². The van der Waals surface area contributed by atoms with E-state index in [9.17, 15) is 14.9 Å². The van der Waals surface area contributed by atoms with E-state index in [0.29, 0.717) is 19.6 Å². The zero-order valence-electron chi connectivity index (χ0n) is 11.9. The van der Waals surface area contributed by atoms with Gasteiger partial charge < -0.3 is 10.1 Å². The molecule has 2 atom stereocenters. The monoisotopic (exact) mass is 300 g/mol. The molecular weight excluding hydrogens is 284 g/mol. The fraction of sp³-hybridized carbons (Fsp3) is 0.312. The summed E-state index contributed by atoms with van der Waals surface area (Å²) in [5.41, 5.74) is 0. The van der Waals surface area contributed by atoms with Crippen molar-refractivity contribution < 1.29 is 14.5 Å². The van der Waals surface area contributed by atoms with Gasteiger partial charge in [-0.25, -0.2) is 0 Å². The SMILES string of the molecule is O=C(NCCOc1ccc2ccccc2c1)[C@@H]1C[C@@H]1[N+](=O)[O-]. The smallest absolute Gasteiger partial charge is 0.230 e. The van der Waals surface area contributed by atoms with Gasteiger partial charge in [0.2, 0.25) is 11.9 Å². The number of rotatable bonds is 6. The molecule has 0 saturated heterocycles. The van der Waals surface area contributed by atoms with Crippen molar-refractivity contribution in [1.82, 2.24) is 5.32 Å². The van der Waals surface area contributed by atoms with E-state index >= 15 is 0 Å². The van der Waals surface area contributed by atoms with Gasteiger partial charge in [-0.05, 0) is 22.9 Å². The van der Waals surface area contributed by atoms with Crippen LogP contribution >= 0.6 is 0 Å². The summed E-state index contributed by atoms with van der Waals surface area (Å²) < 4.78 is 5.59. The minimum Gasteiger partial charge on any atom is -0.492 e. The highest BCUT2D eigenvalue weighted by atomic mass is 16.6. The first kappa shape index (κ1) is 14.3. The van der Waals surface area contributed by atoms with E-state index in [2.05, 4.69) is 5.32 Å². The number of benzene rings is 2. The van der Waals surface area contributed by atoms with Crippen LogP contribution in [0.2, 0.25) is 0 Å². The van der Waals surface area contributed by atoms with Crippen molar-refractivity contribution in [2.24, 2.45) is 5.92 Å². The summed E-state index contributed by atoms with van der Waals surface area (Å²) in [4.78, 5) is 21.7. The maximum absolute atomic E-state index is 11.6. The number of fused-ring (bicyclic) bond motifs is 1. The number of carbonyl (C=O) groups excluding carboxylic acids is 1. The molecule has 1 N–H and O–H groups in total. The van der Waals surface area contributed by atoms with Crippen LogP contribution in [0.3, 0.4) is 0 Å². The predicted molar refractivity (Wildman–Crippen MR) is 81.3 cm³/mol. The maximum atomic E-state index is 11.6. The molecular formula is C16H16N2O4. The molecule has 1 saturated carbocycles. The van der Waals surface area contributed by atoms with Gasteiger partial charge in [0, 0.05) is 11.3 Å². The molecule has 1 amide bonds. The highest BCUT2D eigenvalue weighted by Crippen LogP contribution is 2.32. The minimum absolute atomic E-state index is 0.260. The number of nitrogens with zero attached hydrogens (tertiary/aromatic N) is 1. The summed E-state index contributed by atoms with van der Waals surface area (Å²) in [5, 5.41) is 15.4. The lowest BCUT2D eigenvalue weighted by molar-refractivity contribution is -0.497. The normalized spacial score (nSPS) is 19.6. The average molecular weight is 300 g/mol. The number of hydrogen-bond acceptors (Lipinski definition) is 4. The van der Waals surface area contributed by atoms with Crippen LogP contribution in [0.1, 0.15) is 6.42 Å². The Morgan fingerprint density at radius 2 is 2.05 bits per heavy atom. The van der Waals surface area contributed by atoms with Crippen LogP contribution in [0.25, 0.3) is 10.8 Å². The van der Waals surface area contributed by atoms with Crippen molar-refractivity contribution in [3.8, 4) is 5.75 Å². The molecule has 2 aromatic rings. The number of nitro groups is 1. The second-order valence-corrected chi connectivity index (χ2v) is 5.34. The largest absolute Gasteiger partial charge is 0.492 e. The molecule has 0 spiro atoms. The van der Waals surface area contributed by atoms with Gasteiger partial charge in [0.15, 0.2) is 0 Å². The third kappa shape index (κ3) is 3.16. The molecule has 1 fully saturated rings. The van der Waals surface area contributed by atoms with E-state index in [1.807, 2.05) is 42.5 Å². The first-order chi connectivity index (χ1) is 10.6. The quantitative estimate of drug-likeness (QED) is 0.502. The molecule has 0 radical (unpaired) electrons. The molecule has 0 heterocycles. The van der Waals surface area contributed by atoms with Gasteiger partial charge in [-0.2, -0.15) is 0 Å². The molecule has 0 aliphatic heterocycles. The number of nitrogens with one attached hydrogen (secondary N) is 1. The van der Waals surface area contributed by atoms with Crippen LogP contribution in [0.15, 0.2) is 42.5 Å². The molecule has 1 aliphatic carbocycles. The summed E-state index contributed by atoms with van der Waals surface area (Å²) in [7, 11) is 0. The van der Waals surface area contributed by atoms with Gasteiger partial charge in [0.05, 0.1) is 6.54 Å². The Kier molecular flexibility index (Phi) is 3.91. The summed E-state index contributed by atoms with van der Waals surface area (Å²) in [6, 6.07) is 13.1. The topological polar surface area (TPSA) is 81.5 Å². The highest BCUT2D eigenvalue weighted by molar-refractivity contribution is 5.83. The van der Waals surface area contributed by atoms with Crippen LogP contribution in [0, 0.1) is 16.0 Å². The van der Waals surface area contributed by atoms with E-state index in [-0.39, 0.29) is 5.91 Å². The van der Waals surface area contributed by atoms with Crippen LogP contribution in [0.4, 0.5) is 0 Å². The molecule has 1 aliphatic rings. The summed E-state index contributed by atoms with van der Waals surface area (Å²) in [6.07, 6.45) is 0.338. The molecule has 114 valence electrons. The fourth-order valence-corrected chi connectivity index (χ4v) is 2.43. The van der Waals surface area contributed by atoms with Crippen LogP contribution < -0.4 is 10.1 Å². The van der Waals surface area contributed by atoms with Crippen LogP contribution in [-0.2, 0) is 4.79 Å². The minimum atomic E-state index is -0.707. The first-order valence-electron chi connectivity index (χ1n) is 7.18. The Balaban J connectivity index is 1.44. The van der Waals surface area contributed by atoms with Crippen molar-refractivity contribution in [1.29, 1.82) is 0 Å². The Morgan fingerprint density at radius 3 is 2.77 bits per heavy atom. The van der Waals surface area contributed by atoms with Crippen molar-refractivity contribution in [2.75, 3.05) is 13.2 Å². The van der Waals surface area contributed by atoms with E-state index in [1.165, 1.54) is 0 Å². The molecule has 0 bridgehead atoms. The lowest BCUT2D eigenvalue weighted by Gasteiger charge is -2.08. The lowest BCUT2D eigenvalue weighted by atomic mass is 10.1. The van der Waals surface area contributed by atoms with Gasteiger partial charge in [-0.1, -0.05) is 30.3 Å². The van der Waals surface area contributed by atoms with Crippen molar-refractivity contribution in [3.05, 3.63) is 52.6 Å². The number of ether oxygens (including phenoxy) is 1. The van der Waals surface area contributed by atoms with E-state index in [0.717, 1.165) is 16.5 Å². The Labute approximate surface area is 127 Å². The number of hydrogen-bond donors (Lipinski definition) is 1. The first-order valence-corrected chi connectivity index (χ1v) is 7.18. The van der Waals surface area contributed by atoms with Crippen molar-refractivity contribution in [3.63, 3.8) is 0 Å². The van der Waals surface area contributed by atoms with Gasteiger partial charge in [-0.3, -0.25) is 14.9 Å². The van der Waals surface area contributed by atoms with E-state index in [1.54, 1.807) is 0 Å². The van der Waals surface area contributed by atoms with E-state index < -0.39 is 16.9 Å². The molecule has 0 aromatic heterocycles. The highest BCUT2D eigenvalue weighted by Gasteiger charge is 2.53. The van der Waals surface area contributed by atoms with Crippen LogP contribution in [0.5, 0.6) is 5.75 Å². The molecule has 6 nitrogen and oxygen atoms in total. The molecule has 0 unspecified atom stereocenters. The standard InChI is InChI=1S/C16H16N2O4/c19-16(14-10-15(14)18(20)21)17-7-8-22-13-6-5-11-3-1-2-4-12(11)9-13/h1-6,9,14-15H,7-8,10H2,(H,17,19)/t14-,15+/m1/s1. The summed E-state index contributed by atoms with van der Waals surface area (Å²) in [6.45, 7) is 0.673. The van der Waals surface area contributed by atoms with Gasteiger partial charge in [0.1, 0.15) is 18.3 Å². The lowest BCUT2D eigenvalue weighted by Crippen LogP contribution is -2.31. The predicted octanol–water partition coefficient (Wildman–Crippen LogP) is 2.00. The fourth-order valence-electron chi connectivity index (χ4n) is 2.43. The Morgan fingerprint density at radius 1 is 1.27 bits per heavy atom. The molecule has 3 rings (SSSR count). The Hall–Kier alpha value is -2.63. The number of amides is 1. The second-order valence-electron chi connectivity index (χ2n) is 5.34. The van der Waals surface area contributed by atoms with Gasteiger partial charge >= 0.3 is 0 Å². The third-order valence-corrected chi connectivity index (χ3v) is 3.76. The molecule has 2 aromatic carbocycles. The van der Waals surface area contributed by atoms with Crippen molar-refractivity contribution >= 4 is 16.7 Å². The molecule has 22 heavy (non-hydrogen) atoms. The van der Waals surface area contributed by atoms with E-state index in [4.69, 9.17) is 4.74 Å². The Bertz CT molecular complexity index is 716. The summed E-state index contributed by atoms with van der Waals surface area (Å²) >= 11 is 0. The average Bonchev–Trinajstić information content (AvgIpc) is 3.32. The maximum Gasteiger partial charge on any atom is 0.230 e.